The number of carbonyl (C=O) groups excluding carboxylic acids is 2. The van der Waals surface area contributed by atoms with Gasteiger partial charge in [-0.05, 0) is 17.4 Å². The largest absolute Gasteiger partial charge is 0.480 e. The highest BCUT2D eigenvalue weighted by atomic mass is 16.4. The Balaban J connectivity index is 2.97. The second kappa shape index (κ2) is 10.7. The number of rotatable bonds is 10. The first kappa shape index (κ1) is 22.6. The molecule has 0 heterocycles. The monoisotopic (exact) mass is 377 g/mol. The molecule has 0 aromatic heterocycles. The minimum atomic E-state index is -1.11. The summed E-state index contributed by atoms with van der Waals surface area (Å²) in [7, 11) is 0. The summed E-state index contributed by atoms with van der Waals surface area (Å²) >= 11 is 0. The van der Waals surface area contributed by atoms with E-state index in [9.17, 15) is 19.5 Å². The number of aliphatic carboxylic acids is 1. The quantitative estimate of drug-likeness (QED) is 0.490. The molecule has 0 radical (unpaired) electrons. The van der Waals surface area contributed by atoms with Crippen molar-refractivity contribution < 1.29 is 19.5 Å². The Hall–Kier alpha value is -2.41. The number of nitrogens with two attached hydrogens (primary N) is 1. The van der Waals surface area contributed by atoms with E-state index in [2.05, 4.69) is 10.6 Å². The fourth-order valence-corrected chi connectivity index (χ4v) is 2.61. The summed E-state index contributed by atoms with van der Waals surface area (Å²) in [5.41, 5.74) is 6.83. The van der Waals surface area contributed by atoms with E-state index in [0.717, 1.165) is 12.0 Å². The maximum atomic E-state index is 12.7. The van der Waals surface area contributed by atoms with Gasteiger partial charge in [0.15, 0.2) is 0 Å². The molecule has 0 unspecified atom stereocenters. The molecular weight excluding hydrogens is 346 g/mol. The van der Waals surface area contributed by atoms with Crippen molar-refractivity contribution in [2.24, 2.45) is 17.6 Å². The van der Waals surface area contributed by atoms with Crippen molar-refractivity contribution in [1.29, 1.82) is 0 Å². The highest BCUT2D eigenvalue weighted by molar-refractivity contribution is 5.92. The molecule has 5 N–H and O–H groups in total. The Morgan fingerprint density at radius 2 is 1.63 bits per heavy atom. The van der Waals surface area contributed by atoms with Gasteiger partial charge in [0.25, 0.3) is 0 Å². The zero-order chi connectivity index (χ0) is 20.6. The first-order chi connectivity index (χ1) is 12.7. The molecule has 0 spiro atoms. The van der Waals surface area contributed by atoms with Gasteiger partial charge >= 0.3 is 5.97 Å². The molecule has 0 fully saturated rings. The van der Waals surface area contributed by atoms with Gasteiger partial charge in [-0.1, -0.05) is 64.4 Å². The third-order valence-corrected chi connectivity index (χ3v) is 4.71. The molecule has 150 valence electrons. The third kappa shape index (κ3) is 7.02. The van der Waals surface area contributed by atoms with Crippen molar-refractivity contribution in [3.8, 4) is 0 Å². The summed E-state index contributed by atoms with van der Waals surface area (Å²) in [6, 6.07) is 6.55. The molecule has 1 aromatic carbocycles. The Bertz CT molecular complexity index is 633. The average molecular weight is 377 g/mol. The second-order valence-electron chi connectivity index (χ2n) is 7.23. The number of hydrogen-bond acceptors (Lipinski definition) is 4. The van der Waals surface area contributed by atoms with Gasteiger partial charge in [0, 0.05) is 6.42 Å². The van der Waals surface area contributed by atoms with Gasteiger partial charge in [0.2, 0.25) is 11.8 Å². The fraction of sp³-hybridized carbons (Fsp3) is 0.550. The van der Waals surface area contributed by atoms with Crippen LogP contribution in [0.3, 0.4) is 0 Å². The van der Waals surface area contributed by atoms with Crippen LogP contribution in [-0.2, 0) is 20.8 Å². The predicted molar refractivity (Wildman–Crippen MR) is 104 cm³/mol. The lowest BCUT2D eigenvalue weighted by atomic mass is 9.98. The predicted octanol–water partition coefficient (Wildman–Crippen LogP) is 1.31. The summed E-state index contributed by atoms with van der Waals surface area (Å²) in [5.74, 6) is -2.39. The van der Waals surface area contributed by atoms with Gasteiger partial charge < -0.3 is 21.5 Å². The van der Waals surface area contributed by atoms with Crippen molar-refractivity contribution in [3.63, 3.8) is 0 Å². The molecule has 7 heteroatoms. The van der Waals surface area contributed by atoms with Crippen LogP contribution in [0, 0.1) is 11.8 Å². The minimum absolute atomic E-state index is 0.0344. The number of carbonyl (C=O) groups is 3. The molecule has 0 aliphatic carbocycles. The molecule has 0 saturated heterocycles. The van der Waals surface area contributed by atoms with Crippen molar-refractivity contribution in [2.45, 2.75) is 58.7 Å². The van der Waals surface area contributed by atoms with Gasteiger partial charge in [0.05, 0.1) is 6.04 Å². The van der Waals surface area contributed by atoms with Crippen LogP contribution in [0.2, 0.25) is 0 Å². The molecule has 27 heavy (non-hydrogen) atoms. The fourth-order valence-electron chi connectivity index (χ4n) is 2.61. The summed E-state index contributed by atoms with van der Waals surface area (Å²) in [6.45, 7) is 7.23. The zero-order valence-corrected chi connectivity index (χ0v) is 16.4. The Morgan fingerprint density at radius 1 is 1.04 bits per heavy atom. The van der Waals surface area contributed by atoms with Gasteiger partial charge in [-0.2, -0.15) is 0 Å². The lowest BCUT2D eigenvalue weighted by molar-refractivity contribution is -0.143. The van der Waals surface area contributed by atoms with Crippen LogP contribution in [0.1, 0.15) is 39.7 Å². The van der Waals surface area contributed by atoms with Crippen LogP contribution in [-0.4, -0.2) is 41.0 Å². The van der Waals surface area contributed by atoms with Crippen LogP contribution >= 0.6 is 0 Å². The van der Waals surface area contributed by atoms with E-state index in [1.807, 2.05) is 44.2 Å². The summed E-state index contributed by atoms with van der Waals surface area (Å²) < 4.78 is 0. The van der Waals surface area contributed by atoms with E-state index in [4.69, 9.17) is 5.73 Å². The SMILES string of the molecule is CC[C@H](C)[C@H](N)C(=O)N[C@@H](Cc1ccccc1)C(=O)N[C@H](C(=O)O)C(C)C. The average Bonchev–Trinajstić information content (AvgIpc) is 2.64. The van der Waals surface area contributed by atoms with Crippen LogP contribution < -0.4 is 16.4 Å². The normalized spacial score (nSPS) is 15.5. The van der Waals surface area contributed by atoms with E-state index in [-0.39, 0.29) is 18.3 Å². The lowest BCUT2D eigenvalue weighted by Gasteiger charge is -2.25. The molecule has 0 aliphatic heterocycles. The van der Waals surface area contributed by atoms with E-state index >= 15 is 0 Å². The number of carboxylic acid groups (broad SMARTS) is 1. The molecule has 4 atom stereocenters. The van der Waals surface area contributed by atoms with Crippen LogP contribution in [0.5, 0.6) is 0 Å². The number of hydrogen-bond donors (Lipinski definition) is 4. The number of benzene rings is 1. The van der Waals surface area contributed by atoms with E-state index in [0.29, 0.717) is 0 Å². The minimum Gasteiger partial charge on any atom is -0.480 e. The molecule has 0 saturated carbocycles. The zero-order valence-electron chi connectivity index (χ0n) is 16.4. The number of amides is 2. The highest BCUT2D eigenvalue weighted by Crippen LogP contribution is 2.09. The maximum Gasteiger partial charge on any atom is 0.326 e. The van der Waals surface area contributed by atoms with Crippen LogP contribution in [0.15, 0.2) is 30.3 Å². The Kier molecular flexibility index (Phi) is 8.94. The Morgan fingerprint density at radius 3 is 2.11 bits per heavy atom. The van der Waals surface area contributed by atoms with Gasteiger partial charge in [-0.15, -0.1) is 0 Å². The Labute approximate surface area is 160 Å². The summed E-state index contributed by atoms with van der Waals surface area (Å²) in [5, 5.41) is 14.5. The van der Waals surface area contributed by atoms with Crippen molar-refractivity contribution in [3.05, 3.63) is 35.9 Å². The molecule has 0 aliphatic rings. The summed E-state index contributed by atoms with van der Waals surface area (Å²) in [6.07, 6.45) is 0.981. The number of nitrogens with one attached hydrogen (secondary N) is 2. The smallest absolute Gasteiger partial charge is 0.326 e. The van der Waals surface area contributed by atoms with E-state index in [1.165, 1.54) is 0 Å². The molecule has 2 amide bonds. The third-order valence-electron chi connectivity index (χ3n) is 4.71. The van der Waals surface area contributed by atoms with Crippen LogP contribution in [0.25, 0.3) is 0 Å². The van der Waals surface area contributed by atoms with Crippen molar-refractivity contribution >= 4 is 17.8 Å². The molecule has 0 bridgehead atoms. The lowest BCUT2D eigenvalue weighted by Crippen LogP contribution is -2.56. The first-order valence-corrected chi connectivity index (χ1v) is 9.30. The summed E-state index contributed by atoms with van der Waals surface area (Å²) in [4.78, 5) is 36.6. The first-order valence-electron chi connectivity index (χ1n) is 9.30. The standard InChI is InChI=1S/C20H31N3O4/c1-5-13(4)16(21)19(25)22-15(11-14-9-7-6-8-10-14)18(24)23-17(12(2)3)20(26)27/h6-10,12-13,15-17H,5,11,21H2,1-4H3,(H,22,25)(H,23,24)(H,26,27)/t13-,15-,16-,17-/m0/s1. The maximum absolute atomic E-state index is 12.7. The van der Waals surface area contributed by atoms with E-state index < -0.39 is 35.9 Å². The second-order valence-corrected chi connectivity index (χ2v) is 7.23. The van der Waals surface area contributed by atoms with Crippen molar-refractivity contribution in [1.82, 2.24) is 10.6 Å². The van der Waals surface area contributed by atoms with Gasteiger partial charge in [-0.25, -0.2) is 4.79 Å². The molecule has 1 aromatic rings. The van der Waals surface area contributed by atoms with E-state index in [1.54, 1.807) is 13.8 Å². The highest BCUT2D eigenvalue weighted by Gasteiger charge is 2.30. The molecule has 7 nitrogen and oxygen atoms in total. The van der Waals surface area contributed by atoms with Crippen LogP contribution in [0.4, 0.5) is 0 Å². The van der Waals surface area contributed by atoms with Crippen molar-refractivity contribution in [2.75, 3.05) is 0 Å². The molecular formula is C20H31N3O4. The van der Waals surface area contributed by atoms with Gasteiger partial charge in [-0.3, -0.25) is 9.59 Å². The number of carboxylic acids is 1. The van der Waals surface area contributed by atoms with Gasteiger partial charge in [0.1, 0.15) is 12.1 Å². The molecule has 1 rings (SSSR count). The topological polar surface area (TPSA) is 122 Å².